The number of aliphatic imine (C=N–C) groups is 1. The van der Waals surface area contributed by atoms with E-state index in [-0.39, 0.29) is 18.1 Å². The number of nitrogens with two attached hydrogens (primary N) is 1. The number of guanidine groups is 1. The number of hydrogen-bond acceptors (Lipinski definition) is 3. The zero-order valence-electron chi connectivity index (χ0n) is 13.7. The van der Waals surface area contributed by atoms with Crippen LogP contribution in [0.25, 0.3) is 0 Å². The lowest BCUT2D eigenvalue weighted by atomic mass is 10.2. The van der Waals surface area contributed by atoms with E-state index in [1.165, 1.54) is 24.3 Å². The Kier molecular flexibility index (Phi) is 5.02. The number of phenolic OH excluding ortho intramolecular Hbond substituents is 1. The summed E-state index contributed by atoms with van der Waals surface area (Å²) in [7, 11) is 0. The van der Waals surface area contributed by atoms with Crippen molar-refractivity contribution < 1.29 is 13.9 Å². The van der Waals surface area contributed by atoms with Crippen LogP contribution in [0.5, 0.6) is 5.75 Å². The van der Waals surface area contributed by atoms with E-state index >= 15 is 0 Å². The van der Waals surface area contributed by atoms with Crippen LogP contribution < -0.4 is 10.6 Å². The van der Waals surface area contributed by atoms with E-state index in [1.807, 2.05) is 4.90 Å². The van der Waals surface area contributed by atoms with Gasteiger partial charge in [0.05, 0.1) is 6.54 Å². The van der Waals surface area contributed by atoms with Gasteiger partial charge in [-0.05, 0) is 42.0 Å². The first-order valence-corrected chi connectivity index (χ1v) is 8.06. The summed E-state index contributed by atoms with van der Waals surface area (Å²) in [6.07, 6.45) is 0. The number of phenols is 1. The number of rotatable bonds is 3. The predicted molar refractivity (Wildman–Crippen MR) is 93.6 cm³/mol. The zero-order valence-corrected chi connectivity index (χ0v) is 13.7. The predicted octanol–water partition coefficient (Wildman–Crippen LogP) is 2.31. The molecule has 7 heteroatoms. The molecule has 2 aromatic carbocycles. The number of nitrogens with zero attached hydrogens (tertiary/aromatic N) is 3. The van der Waals surface area contributed by atoms with Crippen molar-refractivity contribution in [3.05, 3.63) is 59.7 Å². The Hall–Kier alpha value is -2.83. The van der Waals surface area contributed by atoms with Crippen LogP contribution >= 0.6 is 0 Å². The van der Waals surface area contributed by atoms with E-state index in [0.717, 1.165) is 18.8 Å². The summed E-state index contributed by atoms with van der Waals surface area (Å²) in [5.74, 6) is -0.881. The summed E-state index contributed by atoms with van der Waals surface area (Å²) in [6.45, 7) is 3.18. The molecule has 1 saturated heterocycles. The molecular weight excluding hydrogens is 326 g/mol. The molecule has 1 aliphatic heterocycles. The van der Waals surface area contributed by atoms with Crippen LogP contribution in [0.3, 0.4) is 0 Å². The molecule has 0 amide bonds. The van der Waals surface area contributed by atoms with E-state index in [9.17, 15) is 13.9 Å². The van der Waals surface area contributed by atoms with Crippen LogP contribution in [0.2, 0.25) is 0 Å². The van der Waals surface area contributed by atoms with Crippen molar-refractivity contribution in [1.82, 2.24) is 4.90 Å². The number of aromatic hydroxyl groups is 1. The van der Waals surface area contributed by atoms with Crippen LogP contribution in [0, 0.1) is 11.6 Å². The van der Waals surface area contributed by atoms with Crippen LogP contribution in [0.15, 0.2) is 47.5 Å². The lowest BCUT2D eigenvalue weighted by molar-refractivity contribution is 0.380. The number of hydrogen-bond donors (Lipinski definition) is 2. The number of piperazine rings is 1. The fourth-order valence-corrected chi connectivity index (χ4v) is 2.77. The molecule has 1 aliphatic rings. The van der Waals surface area contributed by atoms with Gasteiger partial charge in [0, 0.05) is 31.9 Å². The van der Waals surface area contributed by atoms with Crippen molar-refractivity contribution in [3.8, 4) is 5.75 Å². The van der Waals surface area contributed by atoms with Crippen LogP contribution in [-0.4, -0.2) is 42.1 Å². The Bertz CT molecular complexity index is 756. The third-order valence-corrected chi connectivity index (χ3v) is 4.23. The molecule has 0 aliphatic carbocycles. The molecule has 2 aromatic rings. The maximum atomic E-state index is 13.3. The molecule has 132 valence electrons. The Morgan fingerprint density at radius 2 is 1.72 bits per heavy atom. The van der Waals surface area contributed by atoms with Crippen LogP contribution in [0.1, 0.15) is 5.56 Å². The summed E-state index contributed by atoms with van der Waals surface area (Å²) in [6, 6.07) is 10.6. The van der Waals surface area contributed by atoms with Crippen molar-refractivity contribution in [2.45, 2.75) is 6.54 Å². The second-order valence-corrected chi connectivity index (χ2v) is 5.91. The van der Waals surface area contributed by atoms with Gasteiger partial charge >= 0.3 is 0 Å². The van der Waals surface area contributed by atoms with Gasteiger partial charge in [0.25, 0.3) is 0 Å². The molecule has 3 N–H and O–H groups in total. The molecule has 0 spiro atoms. The van der Waals surface area contributed by atoms with Crippen molar-refractivity contribution >= 4 is 11.6 Å². The molecule has 25 heavy (non-hydrogen) atoms. The second kappa shape index (κ2) is 7.38. The lowest BCUT2D eigenvalue weighted by Crippen LogP contribution is -2.51. The van der Waals surface area contributed by atoms with Gasteiger partial charge in [-0.3, -0.25) is 0 Å². The van der Waals surface area contributed by atoms with Gasteiger partial charge < -0.3 is 20.6 Å². The zero-order chi connectivity index (χ0) is 17.8. The van der Waals surface area contributed by atoms with Crippen molar-refractivity contribution in [1.29, 1.82) is 0 Å². The first kappa shape index (κ1) is 17.0. The van der Waals surface area contributed by atoms with E-state index in [4.69, 9.17) is 5.73 Å². The minimum absolute atomic E-state index is 0.246. The third kappa shape index (κ3) is 4.17. The molecule has 3 rings (SSSR count). The summed E-state index contributed by atoms with van der Waals surface area (Å²) in [5, 5.41) is 9.19. The van der Waals surface area contributed by atoms with Crippen LogP contribution in [0.4, 0.5) is 14.5 Å². The Morgan fingerprint density at radius 3 is 2.36 bits per heavy atom. The van der Waals surface area contributed by atoms with Gasteiger partial charge in [0.1, 0.15) is 5.82 Å². The summed E-state index contributed by atoms with van der Waals surface area (Å²) in [5.41, 5.74) is 7.66. The van der Waals surface area contributed by atoms with Gasteiger partial charge in [-0.1, -0.05) is 6.07 Å². The van der Waals surface area contributed by atoms with E-state index in [0.29, 0.717) is 24.6 Å². The molecule has 0 saturated carbocycles. The summed E-state index contributed by atoms with van der Waals surface area (Å²) >= 11 is 0. The summed E-state index contributed by atoms with van der Waals surface area (Å²) in [4.78, 5) is 8.44. The average molecular weight is 346 g/mol. The highest BCUT2D eigenvalue weighted by Gasteiger charge is 2.18. The highest BCUT2D eigenvalue weighted by molar-refractivity contribution is 5.78. The van der Waals surface area contributed by atoms with Crippen molar-refractivity contribution in [2.75, 3.05) is 31.1 Å². The van der Waals surface area contributed by atoms with Gasteiger partial charge in [-0.2, -0.15) is 0 Å². The van der Waals surface area contributed by atoms with Gasteiger partial charge in [0.15, 0.2) is 17.5 Å². The number of anilines is 1. The summed E-state index contributed by atoms with van der Waals surface area (Å²) < 4.78 is 26.3. The minimum atomic E-state index is -0.667. The monoisotopic (exact) mass is 346 g/mol. The first-order chi connectivity index (χ1) is 12.0. The normalized spacial score (nSPS) is 15.5. The lowest BCUT2D eigenvalue weighted by Gasteiger charge is -2.36. The molecule has 0 aromatic heterocycles. The highest BCUT2D eigenvalue weighted by Crippen LogP contribution is 2.18. The van der Waals surface area contributed by atoms with Gasteiger partial charge in [-0.15, -0.1) is 0 Å². The first-order valence-electron chi connectivity index (χ1n) is 8.06. The molecule has 0 radical (unpaired) electrons. The van der Waals surface area contributed by atoms with Crippen LogP contribution in [-0.2, 0) is 6.54 Å². The van der Waals surface area contributed by atoms with E-state index in [2.05, 4.69) is 9.89 Å². The van der Waals surface area contributed by atoms with E-state index < -0.39 is 5.82 Å². The number of benzene rings is 2. The maximum Gasteiger partial charge on any atom is 0.191 e. The molecule has 0 bridgehead atoms. The molecule has 1 heterocycles. The van der Waals surface area contributed by atoms with E-state index in [1.54, 1.807) is 18.2 Å². The SMILES string of the molecule is NC(=NCc1ccc(O)c(F)c1)N1CCN(c2ccc(F)cc2)CC1. The smallest absolute Gasteiger partial charge is 0.191 e. The molecular formula is C18H20F2N4O. The fourth-order valence-electron chi connectivity index (χ4n) is 2.77. The standard InChI is InChI=1S/C18H20F2N4O/c19-14-2-4-15(5-3-14)23-7-9-24(10-8-23)18(21)22-12-13-1-6-17(25)16(20)11-13/h1-6,11,25H,7-10,12H2,(H2,21,22). The van der Waals surface area contributed by atoms with Crippen molar-refractivity contribution in [2.24, 2.45) is 10.7 Å². The van der Waals surface area contributed by atoms with Crippen molar-refractivity contribution in [3.63, 3.8) is 0 Å². The Labute approximate surface area is 145 Å². The minimum Gasteiger partial charge on any atom is -0.505 e. The third-order valence-electron chi connectivity index (χ3n) is 4.23. The Morgan fingerprint density at radius 1 is 1.04 bits per heavy atom. The largest absolute Gasteiger partial charge is 0.505 e. The topological polar surface area (TPSA) is 65.1 Å². The second-order valence-electron chi connectivity index (χ2n) is 5.91. The highest BCUT2D eigenvalue weighted by atomic mass is 19.1. The maximum absolute atomic E-state index is 13.3. The fraction of sp³-hybridized carbons (Fsp3) is 0.278. The molecule has 0 unspecified atom stereocenters. The molecule has 5 nitrogen and oxygen atoms in total. The van der Waals surface area contributed by atoms with Gasteiger partial charge in [-0.25, -0.2) is 13.8 Å². The molecule has 1 fully saturated rings. The quantitative estimate of drug-likeness (QED) is 0.661. The average Bonchev–Trinajstić information content (AvgIpc) is 2.63. The Balaban J connectivity index is 1.56. The number of halogens is 2. The molecule has 0 atom stereocenters. The van der Waals surface area contributed by atoms with Gasteiger partial charge in [0.2, 0.25) is 0 Å².